The van der Waals surface area contributed by atoms with E-state index in [4.69, 9.17) is 15.6 Å². The number of benzene rings is 1. The molecular weight excluding hydrogens is 192 g/mol. The predicted molar refractivity (Wildman–Crippen MR) is 47.6 cm³/mol. The monoisotopic (exact) mass is 203 g/mol. The van der Waals surface area contributed by atoms with Crippen molar-refractivity contribution in [1.29, 1.82) is 0 Å². The second-order valence-electron chi connectivity index (χ2n) is 2.79. The summed E-state index contributed by atoms with van der Waals surface area (Å²) >= 11 is 0. The first kappa shape index (κ1) is 10.7. The Morgan fingerprint density at radius 3 is 2.64 bits per heavy atom. The molecule has 0 saturated heterocycles. The van der Waals surface area contributed by atoms with Gasteiger partial charge in [0, 0.05) is 0 Å². The van der Waals surface area contributed by atoms with Crippen LogP contribution in [0.4, 0.5) is 8.78 Å². The van der Waals surface area contributed by atoms with E-state index in [1.165, 1.54) is 19.2 Å². The standard InChI is InChI=1S/C9H11F2NO2/c1-14-8-3-2-6(13)4-7(8)9(10,11)5-12/h2-4,13H,5,12H2,1H3. The molecule has 0 unspecified atom stereocenters. The average Bonchev–Trinajstić information content (AvgIpc) is 2.18. The van der Waals surface area contributed by atoms with Gasteiger partial charge < -0.3 is 15.6 Å². The van der Waals surface area contributed by atoms with Crippen LogP contribution in [0.25, 0.3) is 0 Å². The summed E-state index contributed by atoms with van der Waals surface area (Å²) < 4.78 is 31.1. The lowest BCUT2D eigenvalue weighted by Gasteiger charge is -2.17. The van der Waals surface area contributed by atoms with Crippen molar-refractivity contribution < 1.29 is 18.6 Å². The summed E-state index contributed by atoms with van der Waals surface area (Å²) in [6.07, 6.45) is 0. The molecule has 0 aliphatic carbocycles. The first-order valence-electron chi connectivity index (χ1n) is 3.96. The van der Waals surface area contributed by atoms with Crippen molar-refractivity contribution in [2.75, 3.05) is 13.7 Å². The van der Waals surface area contributed by atoms with E-state index in [1.54, 1.807) is 0 Å². The van der Waals surface area contributed by atoms with Crippen molar-refractivity contribution >= 4 is 0 Å². The van der Waals surface area contributed by atoms with Gasteiger partial charge in [0.05, 0.1) is 19.2 Å². The Bertz CT molecular complexity index is 329. The van der Waals surface area contributed by atoms with Gasteiger partial charge in [0.2, 0.25) is 0 Å². The molecule has 0 saturated carbocycles. The SMILES string of the molecule is COc1ccc(O)cc1C(F)(F)CN. The molecule has 5 heteroatoms. The fourth-order valence-corrected chi connectivity index (χ4v) is 1.09. The second kappa shape index (κ2) is 3.79. The number of alkyl halides is 2. The maximum absolute atomic E-state index is 13.2. The van der Waals surface area contributed by atoms with E-state index in [9.17, 15) is 8.78 Å². The van der Waals surface area contributed by atoms with Gasteiger partial charge >= 0.3 is 0 Å². The number of ether oxygens (including phenoxy) is 1. The maximum atomic E-state index is 13.2. The second-order valence-corrected chi connectivity index (χ2v) is 2.79. The lowest BCUT2D eigenvalue weighted by Crippen LogP contribution is -2.25. The molecule has 0 bridgehead atoms. The Morgan fingerprint density at radius 2 is 2.14 bits per heavy atom. The number of hydrogen-bond donors (Lipinski definition) is 2. The van der Waals surface area contributed by atoms with Crippen molar-refractivity contribution in [3.63, 3.8) is 0 Å². The minimum Gasteiger partial charge on any atom is -0.508 e. The number of nitrogens with two attached hydrogens (primary N) is 1. The molecule has 0 spiro atoms. The topological polar surface area (TPSA) is 55.5 Å². The Hall–Kier alpha value is -1.36. The molecule has 14 heavy (non-hydrogen) atoms. The van der Waals surface area contributed by atoms with Gasteiger partial charge in [-0.3, -0.25) is 0 Å². The Labute approximate surface area is 80.1 Å². The molecular formula is C9H11F2NO2. The number of rotatable bonds is 3. The van der Waals surface area contributed by atoms with Crippen LogP contribution in [0.2, 0.25) is 0 Å². The van der Waals surface area contributed by atoms with Crippen LogP contribution in [0, 0.1) is 0 Å². The van der Waals surface area contributed by atoms with E-state index in [0.717, 1.165) is 6.07 Å². The van der Waals surface area contributed by atoms with Crippen molar-refractivity contribution in [3.05, 3.63) is 23.8 Å². The molecule has 0 amide bonds. The third-order valence-corrected chi connectivity index (χ3v) is 1.83. The number of aromatic hydroxyl groups is 1. The summed E-state index contributed by atoms with van der Waals surface area (Å²) in [4.78, 5) is 0. The zero-order valence-corrected chi connectivity index (χ0v) is 7.63. The van der Waals surface area contributed by atoms with Gasteiger partial charge in [0.1, 0.15) is 11.5 Å². The normalized spacial score (nSPS) is 11.4. The van der Waals surface area contributed by atoms with Crippen LogP contribution < -0.4 is 10.5 Å². The largest absolute Gasteiger partial charge is 0.508 e. The molecule has 1 aromatic carbocycles. The van der Waals surface area contributed by atoms with E-state index in [1.807, 2.05) is 0 Å². The molecule has 78 valence electrons. The third kappa shape index (κ3) is 1.93. The molecule has 0 fully saturated rings. The van der Waals surface area contributed by atoms with E-state index < -0.39 is 18.0 Å². The van der Waals surface area contributed by atoms with Crippen LogP contribution >= 0.6 is 0 Å². The maximum Gasteiger partial charge on any atom is 0.288 e. The van der Waals surface area contributed by atoms with E-state index in [0.29, 0.717) is 0 Å². The van der Waals surface area contributed by atoms with Gasteiger partial charge in [-0.15, -0.1) is 0 Å². The molecule has 0 aliphatic rings. The van der Waals surface area contributed by atoms with Gasteiger partial charge in [-0.2, -0.15) is 8.78 Å². The van der Waals surface area contributed by atoms with Crippen LogP contribution in [-0.2, 0) is 5.92 Å². The van der Waals surface area contributed by atoms with Crippen molar-refractivity contribution in [3.8, 4) is 11.5 Å². The zero-order valence-electron chi connectivity index (χ0n) is 7.63. The number of phenols is 1. The molecule has 1 aromatic rings. The molecule has 0 heterocycles. The fourth-order valence-electron chi connectivity index (χ4n) is 1.09. The highest BCUT2D eigenvalue weighted by Crippen LogP contribution is 2.36. The summed E-state index contributed by atoms with van der Waals surface area (Å²) in [5.41, 5.74) is 4.52. The third-order valence-electron chi connectivity index (χ3n) is 1.83. The smallest absolute Gasteiger partial charge is 0.288 e. The summed E-state index contributed by atoms with van der Waals surface area (Å²) in [6.45, 7) is -0.827. The first-order chi connectivity index (χ1) is 6.51. The molecule has 0 atom stereocenters. The predicted octanol–water partition coefficient (Wildman–Crippen LogP) is 1.45. The molecule has 3 nitrogen and oxygen atoms in total. The van der Waals surface area contributed by atoms with Gasteiger partial charge in [-0.1, -0.05) is 0 Å². The van der Waals surface area contributed by atoms with Gasteiger partial charge in [-0.05, 0) is 18.2 Å². The highest BCUT2D eigenvalue weighted by molar-refractivity contribution is 5.42. The van der Waals surface area contributed by atoms with Gasteiger partial charge in [-0.25, -0.2) is 0 Å². The number of halogens is 2. The van der Waals surface area contributed by atoms with Crippen LogP contribution in [0.3, 0.4) is 0 Å². The first-order valence-corrected chi connectivity index (χ1v) is 3.96. The molecule has 3 N–H and O–H groups in total. The molecule has 1 rings (SSSR count). The van der Waals surface area contributed by atoms with Crippen molar-refractivity contribution in [1.82, 2.24) is 0 Å². The minimum absolute atomic E-state index is 0.0123. The van der Waals surface area contributed by atoms with E-state index in [-0.39, 0.29) is 11.5 Å². The lowest BCUT2D eigenvalue weighted by molar-refractivity contribution is 0.00348. The number of methoxy groups -OCH3 is 1. The summed E-state index contributed by atoms with van der Waals surface area (Å²) in [5, 5.41) is 9.06. The number of hydrogen-bond acceptors (Lipinski definition) is 3. The van der Waals surface area contributed by atoms with Crippen molar-refractivity contribution in [2.24, 2.45) is 5.73 Å². The van der Waals surface area contributed by atoms with Gasteiger partial charge in [0.15, 0.2) is 0 Å². The zero-order chi connectivity index (χ0) is 10.8. The van der Waals surface area contributed by atoms with E-state index >= 15 is 0 Å². The van der Waals surface area contributed by atoms with Crippen LogP contribution in [0.5, 0.6) is 11.5 Å². The fraction of sp³-hybridized carbons (Fsp3) is 0.333. The highest BCUT2D eigenvalue weighted by Gasteiger charge is 2.33. The van der Waals surface area contributed by atoms with Crippen LogP contribution in [-0.4, -0.2) is 18.8 Å². The summed E-state index contributed by atoms with van der Waals surface area (Å²) in [5.74, 6) is -3.42. The van der Waals surface area contributed by atoms with E-state index in [2.05, 4.69) is 0 Å². The molecule has 0 aromatic heterocycles. The quantitative estimate of drug-likeness (QED) is 0.781. The number of phenolic OH excluding ortho intramolecular Hbond substituents is 1. The highest BCUT2D eigenvalue weighted by atomic mass is 19.3. The van der Waals surface area contributed by atoms with Crippen LogP contribution in [0.1, 0.15) is 5.56 Å². The summed E-state index contributed by atoms with van der Waals surface area (Å²) in [7, 11) is 1.28. The Morgan fingerprint density at radius 1 is 1.50 bits per heavy atom. The minimum atomic E-state index is -3.19. The molecule has 0 radical (unpaired) electrons. The Balaban J connectivity index is 3.23. The summed E-state index contributed by atoms with van der Waals surface area (Å²) in [6, 6.07) is 3.49. The van der Waals surface area contributed by atoms with Crippen molar-refractivity contribution in [2.45, 2.75) is 5.92 Å². The van der Waals surface area contributed by atoms with Gasteiger partial charge in [0.25, 0.3) is 5.92 Å². The average molecular weight is 203 g/mol. The Kier molecular flexibility index (Phi) is 2.90. The lowest BCUT2D eigenvalue weighted by atomic mass is 10.1. The van der Waals surface area contributed by atoms with Crippen LogP contribution in [0.15, 0.2) is 18.2 Å². The molecule has 0 aliphatic heterocycles.